The van der Waals surface area contributed by atoms with Crippen LogP contribution in [-0.2, 0) is 28.6 Å². The molecular formula is C54H80O6. The average molecular weight is 825 g/mol. The summed E-state index contributed by atoms with van der Waals surface area (Å²) >= 11 is 0. The summed E-state index contributed by atoms with van der Waals surface area (Å²) in [5, 5.41) is 0. The summed E-state index contributed by atoms with van der Waals surface area (Å²) in [6.07, 6.45) is 67.0. The molecule has 6 heteroatoms. The van der Waals surface area contributed by atoms with Gasteiger partial charge in [0.15, 0.2) is 6.10 Å². The van der Waals surface area contributed by atoms with Gasteiger partial charge in [0.25, 0.3) is 0 Å². The standard InChI is InChI=1S/C54H80O6/c1-4-7-10-13-16-19-22-25-26-27-28-30-32-35-38-41-44-47-53(56)59-50-51(49-58-52(55)46-43-40-37-34-31-24-21-18-15-12-9-6-3)60-54(57)48-45-42-39-36-33-29-23-20-17-14-11-8-5-2/h8-9,11-12,14,16-21,23,25-26,28-31,33-36,38-39,51H,4-7,10,13,15,22,24,27,32,37,40-50H2,1-3H3/b11-8-,12-9-,17-14-,19-16-,21-18-,23-20-,26-25-,30-28-,33-29-,34-31-,38-35-,39-36-. The van der Waals surface area contributed by atoms with E-state index in [9.17, 15) is 14.4 Å². The molecule has 1 unspecified atom stereocenters. The lowest BCUT2D eigenvalue weighted by atomic mass is 10.2. The topological polar surface area (TPSA) is 78.9 Å². The van der Waals surface area contributed by atoms with E-state index in [0.717, 1.165) is 64.2 Å². The first-order valence-corrected chi connectivity index (χ1v) is 22.9. The molecule has 0 aliphatic rings. The van der Waals surface area contributed by atoms with Gasteiger partial charge >= 0.3 is 17.9 Å². The Labute approximate surface area is 366 Å². The highest BCUT2D eigenvalue weighted by Gasteiger charge is 2.19. The van der Waals surface area contributed by atoms with E-state index in [1.54, 1.807) is 0 Å². The van der Waals surface area contributed by atoms with E-state index in [0.29, 0.717) is 25.7 Å². The summed E-state index contributed by atoms with van der Waals surface area (Å²) in [7, 11) is 0. The fraction of sp³-hybridized carbons (Fsp3) is 0.500. The van der Waals surface area contributed by atoms with Gasteiger partial charge in [0.05, 0.1) is 0 Å². The SMILES string of the molecule is CC\C=C/C=C\C=C/C=C\C=C/CCCC(=O)OC(COC(=O)CCC/C=C\C/C=C\C/C=C\C/C=C\CCCCC)COC(=O)CCCC/C=C\C/C=C\C/C=C\CC. The van der Waals surface area contributed by atoms with Gasteiger partial charge in [-0.1, -0.05) is 179 Å². The summed E-state index contributed by atoms with van der Waals surface area (Å²) in [6.45, 7) is 6.15. The highest BCUT2D eigenvalue weighted by Crippen LogP contribution is 2.09. The van der Waals surface area contributed by atoms with Crippen LogP contribution in [0.5, 0.6) is 0 Å². The minimum Gasteiger partial charge on any atom is -0.462 e. The molecule has 0 fully saturated rings. The normalized spacial score (nSPS) is 13.4. The Morgan fingerprint density at radius 1 is 0.367 bits per heavy atom. The molecule has 0 aliphatic carbocycles. The van der Waals surface area contributed by atoms with Gasteiger partial charge in [-0.05, 0) is 103 Å². The summed E-state index contributed by atoms with van der Waals surface area (Å²) in [5.41, 5.74) is 0. The highest BCUT2D eigenvalue weighted by atomic mass is 16.6. The van der Waals surface area contributed by atoms with E-state index < -0.39 is 12.1 Å². The second-order valence-electron chi connectivity index (χ2n) is 14.3. The lowest BCUT2D eigenvalue weighted by molar-refractivity contribution is -0.167. The van der Waals surface area contributed by atoms with Gasteiger partial charge in [0.1, 0.15) is 13.2 Å². The van der Waals surface area contributed by atoms with E-state index in [2.05, 4.69) is 112 Å². The Morgan fingerprint density at radius 2 is 0.733 bits per heavy atom. The molecule has 60 heavy (non-hydrogen) atoms. The maximum Gasteiger partial charge on any atom is 0.306 e. The Morgan fingerprint density at radius 3 is 1.22 bits per heavy atom. The van der Waals surface area contributed by atoms with Crippen molar-refractivity contribution in [1.29, 1.82) is 0 Å². The van der Waals surface area contributed by atoms with Crippen LogP contribution in [0.3, 0.4) is 0 Å². The molecule has 0 amide bonds. The van der Waals surface area contributed by atoms with Gasteiger partial charge in [-0.15, -0.1) is 0 Å². The van der Waals surface area contributed by atoms with Gasteiger partial charge in [-0.2, -0.15) is 0 Å². The first-order valence-electron chi connectivity index (χ1n) is 22.9. The van der Waals surface area contributed by atoms with Gasteiger partial charge in [0.2, 0.25) is 0 Å². The maximum atomic E-state index is 12.7. The molecule has 0 aromatic heterocycles. The van der Waals surface area contributed by atoms with Crippen molar-refractivity contribution in [3.63, 3.8) is 0 Å². The van der Waals surface area contributed by atoms with Crippen molar-refractivity contribution < 1.29 is 28.6 Å². The molecule has 1 atom stereocenters. The lowest BCUT2D eigenvalue weighted by Crippen LogP contribution is -2.30. The molecule has 0 rings (SSSR count). The number of ether oxygens (including phenoxy) is 3. The zero-order valence-corrected chi connectivity index (χ0v) is 37.6. The van der Waals surface area contributed by atoms with E-state index in [1.165, 1.54) is 25.7 Å². The minimum absolute atomic E-state index is 0.151. The van der Waals surface area contributed by atoms with Crippen LogP contribution >= 0.6 is 0 Å². The summed E-state index contributed by atoms with van der Waals surface area (Å²) in [4.78, 5) is 37.7. The summed E-state index contributed by atoms with van der Waals surface area (Å²) in [6, 6.07) is 0. The third-order valence-electron chi connectivity index (χ3n) is 8.69. The number of esters is 3. The van der Waals surface area contributed by atoms with Crippen molar-refractivity contribution in [2.75, 3.05) is 13.2 Å². The third-order valence-corrected chi connectivity index (χ3v) is 8.69. The number of carbonyl (C=O) groups is 3. The third kappa shape index (κ3) is 44.4. The van der Waals surface area contributed by atoms with Gasteiger partial charge in [-0.25, -0.2) is 0 Å². The second-order valence-corrected chi connectivity index (χ2v) is 14.3. The van der Waals surface area contributed by atoms with Crippen molar-refractivity contribution >= 4 is 17.9 Å². The smallest absolute Gasteiger partial charge is 0.306 e. The van der Waals surface area contributed by atoms with Crippen LogP contribution in [0.2, 0.25) is 0 Å². The maximum absolute atomic E-state index is 12.7. The second kappa shape index (κ2) is 47.0. The van der Waals surface area contributed by atoms with E-state index in [-0.39, 0.29) is 44.4 Å². The van der Waals surface area contributed by atoms with Crippen molar-refractivity contribution in [3.05, 3.63) is 146 Å². The largest absolute Gasteiger partial charge is 0.462 e. The molecule has 0 aliphatic heterocycles. The number of allylic oxidation sites excluding steroid dienone is 24. The van der Waals surface area contributed by atoms with Crippen molar-refractivity contribution in [1.82, 2.24) is 0 Å². The van der Waals surface area contributed by atoms with Crippen molar-refractivity contribution in [2.45, 2.75) is 162 Å². The molecule has 0 spiro atoms. The monoisotopic (exact) mass is 825 g/mol. The molecule has 0 saturated heterocycles. The molecule has 0 bridgehead atoms. The fourth-order valence-electron chi connectivity index (χ4n) is 5.30. The predicted molar refractivity (Wildman–Crippen MR) is 255 cm³/mol. The quantitative estimate of drug-likeness (QED) is 0.0203. The number of hydrogen-bond acceptors (Lipinski definition) is 6. The highest BCUT2D eigenvalue weighted by molar-refractivity contribution is 5.71. The van der Waals surface area contributed by atoms with Crippen LogP contribution in [0.15, 0.2) is 146 Å². The first-order chi connectivity index (χ1) is 29.5. The Kier molecular flexibility index (Phi) is 43.3. The molecule has 0 aromatic rings. The molecule has 0 N–H and O–H groups in total. The fourth-order valence-corrected chi connectivity index (χ4v) is 5.30. The Balaban J connectivity index is 4.67. The number of rotatable bonds is 38. The molecule has 0 aromatic carbocycles. The minimum atomic E-state index is -0.857. The van der Waals surface area contributed by atoms with E-state index in [4.69, 9.17) is 14.2 Å². The van der Waals surface area contributed by atoms with E-state index >= 15 is 0 Å². The average Bonchev–Trinajstić information content (AvgIpc) is 3.24. The van der Waals surface area contributed by atoms with Crippen LogP contribution in [0, 0.1) is 0 Å². The summed E-state index contributed by atoms with van der Waals surface area (Å²) < 4.78 is 16.5. The van der Waals surface area contributed by atoms with Gasteiger partial charge < -0.3 is 14.2 Å². The zero-order valence-electron chi connectivity index (χ0n) is 37.6. The Hall–Kier alpha value is -4.71. The lowest BCUT2D eigenvalue weighted by Gasteiger charge is -2.18. The zero-order chi connectivity index (χ0) is 43.7. The first kappa shape index (κ1) is 55.3. The summed E-state index contributed by atoms with van der Waals surface area (Å²) in [5.74, 6) is -1.14. The molecular weight excluding hydrogens is 745 g/mol. The van der Waals surface area contributed by atoms with Crippen LogP contribution in [0.1, 0.15) is 156 Å². The molecule has 0 radical (unpaired) electrons. The molecule has 0 saturated carbocycles. The number of carbonyl (C=O) groups excluding carboxylic acids is 3. The number of hydrogen-bond donors (Lipinski definition) is 0. The Bertz CT molecular complexity index is 1410. The van der Waals surface area contributed by atoms with Crippen LogP contribution in [-0.4, -0.2) is 37.2 Å². The van der Waals surface area contributed by atoms with Gasteiger partial charge in [0, 0.05) is 19.3 Å². The number of unbranched alkanes of at least 4 members (excludes halogenated alkanes) is 7. The molecule has 332 valence electrons. The van der Waals surface area contributed by atoms with Gasteiger partial charge in [-0.3, -0.25) is 14.4 Å². The van der Waals surface area contributed by atoms with Crippen molar-refractivity contribution in [3.8, 4) is 0 Å². The van der Waals surface area contributed by atoms with Crippen LogP contribution < -0.4 is 0 Å². The predicted octanol–water partition coefficient (Wildman–Crippen LogP) is 14.9. The molecule has 6 nitrogen and oxygen atoms in total. The molecule has 0 heterocycles. The van der Waals surface area contributed by atoms with Crippen molar-refractivity contribution in [2.24, 2.45) is 0 Å². The van der Waals surface area contributed by atoms with Crippen LogP contribution in [0.25, 0.3) is 0 Å². The van der Waals surface area contributed by atoms with E-state index in [1.807, 2.05) is 54.7 Å². The van der Waals surface area contributed by atoms with Crippen LogP contribution in [0.4, 0.5) is 0 Å².